The Labute approximate surface area is 82.4 Å². The zero-order valence-corrected chi connectivity index (χ0v) is 8.39. The van der Waals surface area contributed by atoms with E-state index in [1.54, 1.807) is 7.11 Å². The van der Waals surface area contributed by atoms with Crippen LogP contribution in [0.25, 0.3) is 0 Å². The number of halogens is 1. The molecule has 0 aliphatic rings. The van der Waals surface area contributed by atoms with Crippen molar-refractivity contribution in [3.8, 4) is 5.75 Å². The van der Waals surface area contributed by atoms with Gasteiger partial charge in [0.05, 0.1) is 18.7 Å². The van der Waals surface area contributed by atoms with Gasteiger partial charge in [-0.1, -0.05) is 11.6 Å². The summed E-state index contributed by atoms with van der Waals surface area (Å²) < 4.78 is 5.12. The first-order chi connectivity index (χ1) is 6.19. The van der Waals surface area contributed by atoms with Gasteiger partial charge in [-0.05, 0) is 24.6 Å². The molecular weight excluding hydrogens is 190 g/mol. The van der Waals surface area contributed by atoms with Gasteiger partial charge in [0, 0.05) is 5.56 Å². The second-order valence-electron chi connectivity index (χ2n) is 2.75. The molecule has 4 heteroatoms. The van der Waals surface area contributed by atoms with Crippen LogP contribution in [0.1, 0.15) is 11.1 Å². The molecule has 0 aliphatic carbocycles. The summed E-state index contributed by atoms with van der Waals surface area (Å²) in [4.78, 5) is 4.54. The van der Waals surface area contributed by atoms with E-state index in [1.807, 2.05) is 19.1 Å². The molecule has 0 amide bonds. The highest BCUT2D eigenvalue weighted by Gasteiger charge is 2.08. The third kappa shape index (κ3) is 2.34. The number of rotatable bonds is 3. The highest BCUT2D eigenvalue weighted by molar-refractivity contribution is 6.32. The van der Waals surface area contributed by atoms with Gasteiger partial charge in [0.1, 0.15) is 5.75 Å². The lowest BCUT2D eigenvalue weighted by Gasteiger charge is -2.10. The molecule has 0 saturated heterocycles. The monoisotopic (exact) mass is 201 g/mol. The van der Waals surface area contributed by atoms with Crippen LogP contribution < -0.4 is 10.6 Å². The summed E-state index contributed by atoms with van der Waals surface area (Å²) in [5.41, 5.74) is 1.91. The molecule has 2 N–H and O–H groups in total. The maximum atomic E-state index is 5.95. The standard InChI is InChI=1S/C9H12ClNO2/c1-6-3-7(5-13-11)9(12-2)8(10)4-6/h3-4H,5,11H2,1-2H3. The molecule has 13 heavy (non-hydrogen) atoms. The van der Waals surface area contributed by atoms with Gasteiger partial charge in [-0.25, -0.2) is 5.90 Å². The highest BCUT2D eigenvalue weighted by Crippen LogP contribution is 2.30. The van der Waals surface area contributed by atoms with Gasteiger partial charge in [0.15, 0.2) is 0 Å². The Hall–Kier alpha value is -0.770. The molecule has 0 aliphatic heterocycles. The summed E-state index contributed by atoms with van der Waals surface area (Å²) >= 11 is 5.95. The van der Waals surface area contributed by atoms with E-state index in [0.29, 0.717) is 17.4 Å². The molecule has 0 unspecified atom stereocenters. The molecule has 0 bridgehead atoms. The summed E-state index contributed by atoms with van der Waals surface area (Å²) in [5, 5.41) is 0.578. The predicted molar refractivity (Wildman–Crippen MR) is 51.7 cm³/mol. The average Bonchev–Trinajstić information content (AvgIpc) is 2.04. The summed E-state index contributed by atoms with van der Waals surface area (Å²) in [6, 6.07) is 3.76. The minimum absolute atomic E-state index is 0.296. The number of aryl methyl sites for hydroxylation is 1. The maximum Gasteiger partial charge on any atom is 0.143 e. The van der Waals surface area contributed by atoms with Crippen molar-refractivity contribution in [2.24, 2.45) is 5.90 Å². The number of methoxy groups -OCH3 is 1. The maximum absolute atomic E-state index is 5.95. The molecule has 72 valence electrons. The average molecular weight is 202 g/mol. The zero-order valence-electron chi connectivity index (χ0n) is 7.63. The van der Waals surface area contributed by atoms with Gasteiger partial charge >= 0.3 is 0 Å². The highest BCUT2D eigenvalue weighted by atomic mass is 35.5. The van der Waals surface area contributed by atoms with E-state index in [0.717, 1.165) is 11.1 Å². The Morgan fingerprint density at radius 1 is 1.46 bits per heavy atom. The van der Waals surface area contributed by atoms with Gasteiger partial charge < -0.3 is 4.74 Å². The second-order valence-corrected chi connectivity index (χ2v) is 3.16. The zero-order chi connectivity index (χ0) is 9.84. The molecular formula is C9H12ClNO2. The molecule has 0 spiro atoms. The van der Waals surface area contributed by atoms with Crippen molar-refractivity contribution in [2.45, 2.75) is 13.5 Å². The Bertz CT molecular complexity index is 302. The molecule has 1 aromatic rings. The minimum Gasteiger partial charge on any atom is -0.495 e. The lowest BCUT2D eigenvalue weighted by Crippen LogP contribution is -2.01. The third-order valence-corrected chi connectivity index (χ3v) is 1.99. The van der Waals surface area contributed by atoms with Crippen LogP contribution in [0.2, 0.25) is 5.02 Å². The van der Waals surface area contributed by atoms with Crippen molar-refractivity contribution in [1.82, 2.24) is 0 Å². The van der Waals surface area contributed by atoms with Crippen LogP contribution in [0.3, 0.4) is 0 Å². The SMILES string of the molecule is COc1c(Cl)cc(C)cc1CON. The van der Waals surface area contributed by atoms with Crippen molar-refractivity contribution < 1.29 is 9.57 Å². The molecule has 0 atom stereocenters. The molecule has 0 heterocycles. The van der Waals surface area contributed by atoms with E-state index in [2.05, 4.69) is 4.84 Å². The smallest absolute Gasteiger partial charge is 0.143 e. The van der Waals surface area contributed by atoms with Gasteiger partial charge in [-0.15, -0.1) is 0 Å². The van der Waals surface area contributed by atoms with Gasteiger partial charge in [0.25, 0.3) is 0 Å². The fourth-order valence-corrected chi connectivity index (χ4v) is 1.60. The molecule has 0 saturated carbocycles. The minimum atomic E-state index is 0.296. The van der Waals surface area contributed by atoms with Crippen molar-refractivity contribution in [1.29, 1.82) is 0 Å². The van der Waals surface area contributed by atoms with E-state index in [-0.39, 0.29) is 0 Å². The van der Waals surface area contributed by atoms with E-state index < -0.39 is 0 Å². The predicted octanol–water partition coefficient (Wildman–Crippen LogP) is 2.05. The van der Waals surface area contributed by atoms with Crippen molar-refractivity contribution in [2.75, 3.05) is 7.11 Å². The lowest BCUT2D eigenvalue weighted by atomic mass is 10.1. The Morgan fingerprint density at radius 2 is 2.15 bits per heavy atom. The van der Waals surface area contributed by atoms with Crippen LogP contribution in [-0.2, 0) is 11.4 Å². The fraction of sp³-hybridized carbons (Fsp3) is 0.333. The summed E-state index contributed by atoms with van der Waals surface area (Å²) in [6.45, 7) is 2.25. The number of hydrogen-bond donors (Lipinski definition) is 1. The molecule has 0 aromatic heterocycles. The summed E-state index contributed by atoms with van der Waals surface area (Å²) in [7, 11) is 1.57. The first-order valence-corrected chi connectivity index (χ1v) is 4.21. The molecule has 1 aromatic carbocycles. The third-order valence-electron chi connectivity index (χ3n) is 1.71. The number of ether oxygens (including phenoxy) is 1. The largest absolute Gasteiger partial charge is 0.495 e. The van der Waals surface area contributed by atoms with Crippen LogP contribution >= 0.6 is 11.6 Å². The molecule has 3 nitrogen and oxygen atoms in total. The summed E-state index contributed by atoms with van der Waals surface area (Å²) in [6.07, 6.45) is 0. The van der Waals surface area contributed by atoms with Crippen LogP contribution in [0.5, 0.6) is 5.75 Å². The topological polar surface area (TPSA) is 44.5 Å². The van der Waals surface area contributed by atoms with Crippen molar-refractivity contribution in [3.05, 3.63) is 28.3 Å². The van der Waals surface area contributed by atoms with Crippen molar-refractivity contribution in [3.63, 3.8) is 0 Å². The Kier molecular flexibility index (Phi) is 3.54. The number of nitrogens with two attached hydrogens (primary N) is 1. The summed E-state index contributed by atoms with van der Waals surface area (Å²) in [5.74, 6) is 5.61. The van der Waals surface area contributed by atoms with Crippen LogP contribution in [-0.4, -0.2) is 7.11 Å². The molecule has 1 rings (SSSR count). The Morgan fingerprint density at radius 3 is 2.69 bits per heavy atom. The fourth-order valence-electron chi connectivity index (χ4n) is 1.23. The molecule has 0 fully saturated rings. The van der Waals surface area contributed by atoms with E-state index in [1.165, 1.54) is 0 Å². The van der Waals surface area contributed by atoms with E-state index in [9.17, 15) is 0 Å². The van der Waals surface area contributed by atoms with Gasteiger partial charge in [-0.2, -0.15) is 0 Å². The van der Waals surface area contributed by atoms with Crippen LogP contribution in [0.15, 0.2) is 12.1 Å². The number of hydrogen-bond acceptors (Lipinski definition) is 3. The van der Waals surface area contributed by atoms with Gasteiger partial charge in [0.2, 0.25) is 0 Å². The van der Waals surface area contributed by atoms with Crippen molar-refractivity contribution >= 4 is 11.6 Å². The lowest BCUT2D eigenvalue weighted by molar-refractivity contribution is 0.122. The number of benzene rings is 1. The van der Waals surface area contributed by atoms with E-state index in [4.69, 9.17) is 22.2 Å². The van der Waals surface area contributed by atoms with Crippen LogP contribution in [0, 0.1) is 6.92 Å². The second kappa shape index (κ2) is 4.46. The van der Waals surface area contributed by atoms with E-state index >= 15 is 0 Å². The first-order valence-electron chi connectivity index (χ1n) is 3.83. The van der Waals surface area contributed by atoms with Crippen LogP contribution in [0.4, 0.5) is 0 Å². The Balaban J connectivity index is 3.13. The van der Waals surface area contributed by atoms with Gasteiger partial charge in [-0.3, -0.25) is 4.84 Å². The quantitative estimate of drug-likeness (QED) is 0.762. The molecule has 0 radical (unpaired) electrons. The normalized spacial score (nSPS) is 10.2. The first kappa shape index (κ1) is 10.3.